The van der Waals surface area contributed by atoms with Crippen molar-refractivity contribution >= 4 is 0 Å². The minimum atomic E-state index is -0.0336. The Morgan fingerprint density at radius 3 is 2.44 bits per heavy atom. The van der Waals surface area contributed by atoms with Crippen LogP contribution in [0.2, 0.25) is 0 Å². The van der Waals surface area contributed by atoms with Crippen LogP contribution in [-0.4, -0.2) is 6.61 Å². The van der Waals surface area contributed by atoms with Gasteiger partial charge in [-0.15, -0.1) is 0 Å². The highest BCUT2D eigenvalue weighted by Gasteiger charge is 2.25. The Balaban J connectivity index is 2.65. The molecule has 0 aliphatic carbocycles. The molecule has 1 aromatic rings. The summed E-state index contributed by atoms with van der Waals surface area (Å²) in [4.78, 5) is 0. The van der Waals surface area contributed by atoms with Crippen LogP contribution in [0.3, 0.4) is 0 Å². The van der Waals surface area contributed by atoms with Crippen molar-refractivity contribution in [1.29, 1.82) is 0 Å². The summed E-state index contributed by atoms with van der Waals surface area (Å²) in [7, 11) is 0. The van der Waals surface area contributed by atoms with Crippen LogP contribution in [0.1, 0.15) is 56.2 Å². The second kappa shape index (κ2) is 4.08. The molecule has 0 unspecified atom stereocenters. The number of benzene rings is 1. The first kappa shape index (κ1) is 11.4. The largest absolute Gasteiger partial charge is 0.493 e. The molecule has 2 rings (SSSR count). The molecule has 0 aromatic heterocycles. The fraction of sp³-hybridized carbons (Fsp3) is 0.571. The maximum Gasteiger partial charge on any atom is 0.133 e. The van der Waals surface area contributed by atoms with Crippen molar-refractivity contribution in [2.45, 2.75) is 46.0 Å². The second-order valence-electron chi connectivity index (χ2n) is 5.08. The smallest absolute Gasteiger partial charge is 0.133 e. The Labute approximate surface area is 96.6 Å². The summed E-state index contributed by atoms with van der Waals surface area (Å²) in [6.45, 7) is 8.91. The van der Waals surface area contributed by atoms with Gasteiger partial charge in [-0.1, -0.05) is 27.7 Å². The molecular formula is C14H19FO. The summed E-state index contributed by atoms with van der Waals surface area (Å²) in [6, 6.07) is 2.03. The van der Waals surface area contributed by atoms with E-state index in [1.807, 2.05) is 19.9 Å². The zero-order chi connectivity index (χ0) is 11.9. The molecule has 16 heavy (non-hydrogen) atoms. The van der Waals surface area contributed by atoms with Gasteiger partial charge < -0.3 is 4.74 Å². The number of hydrogen-bond donors (Lipinski definition) is 0. The topological polar surface area (TPSA) is 9.23 Å². The van der Waals surface area contributed by atoms with Gasteiger partial charge in [0.05, 0.1) is 6.61 Å². The van der Waals surface area contributed by atoms with Gasteiger partial charge >= 0.3 is 0 Å². The van der Waals surface area contributed by atoms with Crippen molar-refractivity contribution < 1.29 is 9.13 Å². The lowest BCUT2D eigenvalue weighted by atomic mass is 9.88. The highest BCUT2D eigenvalue weighted by molar-refractivity contribution is 5.48. The number of hydrogen-bond acceptors (Lipinski definition) is 1. The predicted octanol–water partition coefficient (Wildman–Crippen LogP) is 4.01. The van der Waals surface area contributed by atoms with Gasteiger partial charge in [-0.3, -0.25) is 0 Å². The van der Waals surface area contributed by atoms with E-state index in [0.717, 1.165) is 22.4 Å². The molecule has 1 aromatic carbocycles. The van der Waals surface area contributed by atoms with E-state index in [4.69, 9.17) is 4.74 Å². The summed E-state index contributed by atoms with van der Waals surface area (Å²) in [5.41, 5.74) is 2.74. The molecule has 0 radical (unpaired) electrons. The molecule has 0 saturated carbocycles. The predicted molar refractivity (Wildman–Crippen MR) is 63.8 cm³/mol. The van der Waals surface area contributed by atoms with Crippen LogP contribution in [0, 0.1) is 5.82 Å². The zero-order valence-corrected chi connectivity index (χ0v) is 10.4. The molecule has 1 heterocycles. The van der Waals surface area contributed by atoms with E-state index in [9.17, 15) is 4.39 Å². The van der Waals surface area contributed by atoms with Crippen LogP contribution in [0.5, 0.6) is 5.75 Å². The van der Waals surface area contributed by atoms with Crippen LogP contribution in [0.15, 0.2) is 6.07 Å². The third kappa shape index (κ3) is 1.70. The Kier molecular flexibility index (Phi) is 2.92. The van der Waals surface area contributed by atoms with Gasteiger partial charge in [0.15, 0.2) is 0 Å². The normalized spacial score (nSPS) is 14.4. The monoisotopic (exact) mass is 222 g/mol. The minimum absolute atomic E-state index is 0.0336. The van der Waals surface area contributed by atoms with Gasteiger partial charge in [0.1, 0.15) is 11.6 Å². The molecule has 0 bridgehead atoms. The van der Waals surface area contributed by atoms with Crippen molar-refractivity contribution in [3.63, 3.8) is 0 Å². The standard InChI is InChI=1S/C14H19FO/c1-8(2)11-7-12-10(5-6-16-12)14(15)13(11)9(3)4/h7-9H,5-6H2,1-4H3. The van der Waals surface area contributed by atoms with Gasteiger partial charge in [0, 0.05) is 12.0 Å². The van der Waals surface area contributed by atoms with Crippen LogP contribution in [0.4, 0.5) is 4.39 Å². The van der Waals surface area contributed by atoms with Gasteiger partial charge in [0.25, 0.3) is 0 Å². The first-order valence-electron chi connectivity index (χ1n) is 6.00. The third-order valence-corrected chi connectivity index (χ3v) is 3.21. The highest BCUT2D eigenvalue weighted by Crippen LogP contribution is 2.38. The van der Waals surface area contributed by atoms with Crippen LogP contribution in [-0.2, 0) is 6.42 Å². The number of halogens is 1. The molecule has 0 atom stereocenters. The molecule has 1 aliphatic heterocycles. The minimum Gasteiger partial charge on any atom is -0.493 e. The molecule has 88 valence electrons. The number of ether oxygens (including phenoxy) is 1. The van der Waals surface area contributed by atoms with E-state index >= 15 is 0 Å². The molecule has 0 fully saturated rings. The van der Waals surface area contributed by atoms with Crippen molar-refractivity contribution in [1.82, 2.24) is 0 Å². The molecule has 1 nitrogen and oxygen atoms in total. The van der Waals surface area contributed by atoms with Crippen LogP contribution < -0.4 is 4.74 Å². The molecule has 0 saturated heterocycles. The summed E-state index contributed by atoms with van der Waals surface area (Å²) < 4.78 is 19.8. The van der Waals surface area contributed by atoms with E-state index < -0.39 is 0 Å². The molecule has 1 aliphatic rings. The molecule has 0 amide bonds. The first-order valence-corrected chi connectivity index (χ1v) is 6.00. The second-order valence-corrected chi connectivity index (χ2v) is 5.08. The van der Waals surface area contributed by atoms with Crippen molar-refractivity contribution in [3.8, 4) is 5.75 Å². The first-order chi connectivity index (χ1) is 7.52. The average Bonchev–Trinajstić information content (AvgIpc) is 2.64. The van der Waals surface area contributed by atoms with Crippen LogP contribution >= 0.6 is 0 Å². The fourth-order valence-electron chi connectivity index (χ4n) is 2.39. The van der Waals surface area contributed by atoms with Gasteiger partial charge in [-0.05, 0) is 29.0 Å². The van der Waals surface area contributed by atoms with Crippen molar-refractivity contribution in [2.75, 3.05) is 6.61 Å². The third-order valence-electron chi connectivity index (χ3n) is 3.21. The number of rotatable bonds is 2. The summed E-state index contributed by atoms with van der Waals surface area (Å²) in [6.07, 6.45) is 0.708. The summed E-state index contributed by atoms with van der Waals surface area (Å²) in [5, 5.41) is 0. The van der Waals surface area contributed by atoms with E-state index in [-0.39, 0.29) is 11.7 Å². The summed E-state index contributed by atoms with van der Waals surface area (Å²) in [5.74, 6) is 1.28. The van der Waals surface area contributed by atoms with Crippen LogP contribution in [0.25, 0.3) is 0 Å². The number of fused-ring (bicyclic) bond motifs is 1. The Morgan fingerprint density at radius 2 is 1.88 bits per heavy atom. The molecular weight excluding hydrogens is 203 g/mol. The fourth-order valence-corrected chi connectivity index (χ4v) is 2.39. The average molecular weight is 222 g/mol. The highest BCUT2D eigenvalue weighted by atomic mass is 19.1. The van der Waals surface area contributed by atoms with E-state index in [1.165, 1.54) is 0 Å². The lowest BCUT2D eigenvalue weighted by molar-refractivity contribution is 0.356. The van der Waals surface area contributed by atoms with E-state index in [0.29, 0.717) is 18.9 Å². The maximum atomic E-state index is 14.4. The molecule has 0 spiro atoms. The molecule has 2 heteroatoms. The molecule has 0 N–H and O–H groups in total. The Bertz CT molecular complexity index is 408. The van der Waals surface area contributed by atoms with Gasteiger partial charge in [-0.2, -0.15) is 0 Å². The maximum absolute atomic E-state index is 14.4. The van der Waals surface area contributed by atoms with E-state index in [2.05, 4.69) is 13.8 Å². The van der Waals surface area contributed by atoms with Crippen molar-refractivity contribution in [2.24, 2.45) is 0 Å². The van der Waals surface area contributed by atoms with Gasteiger partial charge in [0.2, 0.25) is 0 Å². The zero-order valence-electron chi connectivity index (χ0n) is 10.4. The Hall–Kier alpha value is -1.05. The quantitative estimate of drug-likeness (QED) is 0.734. The van der Waals surface area contributed by atoms with E-state index in [1.54, 1.807) is 0 Å². The van der Waals surface area contributed by atoms with Crippen molar-refractivity contribution in [3.05, 3.63) is 28.6 Å². The SMILES string of the molecule is CC(C)c1cc2c(c(F)c1C(C)C)CCO2. The lowest BCUT2D eigenvalue weighted by Crippen LogP contribution is -2.04. The Morgan fingerprint density at radius 1 is 1.19 bits per heavy atom. The van der Waals surface area contributed by atoms with Gasteiger partial charge in [-0.25, -0.2) is 4.39 Å². The lowest BCUT2D eigenvalue weighted by Gasteiger charge is -2.18. The summed E-state index contributed by atoms with van der Waals surface area (Å²) >= 11 is 0.